The standard InChI is InChI=1S/C21H23FN6O2/c1-21(14-4-2-5-15(22)10-14)7-3-8-27(21)18-6-9-28-19(25-18)17(11-23-28)24-20(30)26-12-16(29)13-26/h2,4-6,9-11,16,29H,3,7-8,12-13H2,1H3,(H,24,30)/t21-/m1/s1. The second-order valence-electron chi connectivity index (χ2n) is 8.14. The molecule has 2 aromatic heterocycles. The van der Waals surface area contributed by atoms with Crippen LogP contribution in [-0.2, 0) is 5.54 Å². The Balaban J connectivity index is 1.46. The molecule has 156 valence electrons. The highest BCUT2D eigenvalue weighted by molar-refractivity contribution is 5.93. The Bertz CT molecular complexity index is 1110. The number of hydrogen-bond acceptors (Lipinski definition) is 5. The maximum absolute atomic E-state index is 13.9. The summed E-state index contributed by atoms with van der Waals surface area (Å²) in [7, 11) is 0. The second-order valence-corrected chi connectivity index (χ2v) is 8.14. The van der Waals surface area contributed by atoms with Crippen LogP contribution in [0, 0.1) is 5.82 Å². The van der Waals surface area contributed by atoms with Crippen molar-refractivity contribution in [3.63, 3.8) is 0 Å². The van der Waals surface area contributed by atoms with Gasteiger partial charge in [-0.05, 0) is 43.5 Å². The molecule has 0 unspecified atom stereocenters. The zero-order chi connectivity index (χ0) is 20.9. The Morgan fingerprint density at radius 2 is 2.17 bits per heavy atom. The molecule has 0 spiro atoms. The number of hydrogen-bond donors (Lipinski definition) is 2. The van der Waals surface area contributed by atoms with Crippen LogP contribution < -0.4 is 10.2 Å². The van der Waals surface area contributed by atoms with E-state index in [1.807, 2.05) is 18.3 Å². The molecular formula is C21H23FN6O2. The van der Waals surface area contributed by atoms with Gasteiger partial charge in [-0.15, -0.1) is 0 Å². The van der Waals surface area contributed by atoms with E-state index in [2.05, 4.69) is 22.2 Å². The number of anilines is 2. The molecule has 3 aromatic rings. The number of β-amino-alcohol motifs (C(OH)–C–C–N with tert-alkyl or cyclic N) is 1. The van der Waals surface area contributed by atoms with Gasteiger partial charge in [0.2, 0.25) is 0 Å². The summed E-state index contributed by atoms with van der Waals surface area (Å²) in [6, 6.07) is 8.33. The number of amides is 2. The number of halogens is 1. The maximum atomic E-state index is 13.9. The molecule has 2 fully saturated rings. The minimum Gasteiger partial charge on any atom is -0.389 e. The van der Waals surface area contributed by atoms with E-state index in [9.17, 15) is 14.3 Å². The van der Waals surface area contributed by atoms with Gasteiger partial charge in [-0.2, -0.15) is 5.10 Å². The van der Waals surface area contributed by atoms with Crippen molar-refractivity contribution in [3.05, 3.63) is 54.1 Å². The van der Waals surface area contributed by atoms with Crippen LogP contribution in [0.3, 0.4) is 0 Å². The van der Waals surface area contributed by atoms with Gasteiger partial charge in [-0.25, -0.2) is 18.7 Å². The van der Waals surface area contributed by atoms with Crippen molar-refractivity contribution in [1.29, 1.82) is 0 Å². The van der Waals surface area contributed by atoms with Crippen LogP contribution >= 0.6 is 0 Å². The lowest BCUT2D eigenvalue weighted by molar-refractivity contribution is 0.0309. The molecule has 0 bridgehead atoms. The summed E-state index contributed by atoms with van der Waals surface area (Å²) in [5, 5.41) is 16.5. The Morgan fingerprint density at radius 3 is 2.93 bits per heavy atom. The third-order valence-corrected chi connectivity index (χ3v) is 6.11. The first-order valence-corrected chi connectivity index (χ1v) is 10.1. The van der Waals surface area contributed by atoms with Crippen LogP contribution in [0.2, 0.25) is 0 Å². The second kappa shape index (κ2) is 6.94. The topological polar surface area (TPSA) is 86.0 Å². The third-order valence-electron chi connectivity index (χ3n) is 6.11. The number of fused-ring (bicyclic) bond motifs is 1. The first kappa shape index (κ1) is 18.8. The number of nitrogens with one attached hydrogen (secondary N) is 1. The van der Waals surface area contributed by atoms with Gasteiger partial charge in [0.05, 0.1) is 30.9 Å². The minimum absolute atomic E-state index is 0.249. The number of aliphatic hydroxyl groups is 1. The number of likely N-dealkylation sites (tertiary alicyclic amines) is 1. The highest BCUT2D eigenvalue weighted by atomic mass is 19.1. The predicted molar refractivity (Wildman–Crippen MR) is 110 cm³/mol. The number of benzene rings is 1. The number of carbonyl (C=O) groups excluding carboxylic acids is 1. The fraction of sp³-hybridized carbons (Fsp3) is 0.381. The van der Waals surface area contributed by atoms with E-state index in [1.54, 1.807) is 22.8 Å². The number of aromatic nitrogens is 3. The molecule has 1 aromatic carbocycles. The molecule has 9 heteroatoms. The van der Waals surface area contributed by atoms with Crippen molar-refractivity contribution < 1.29 is 14.3 Å². The molecule has 5 rings (SSSR count). The van der Waals surface area contributed by atoms with Crippen LogP contribution in [-0.4, -0.2) is 56.4 Å². The summed E-state index contributed by atoms with van der Waals surface area (Å²) < 4.78 is 15.5. The van der Waals surface area contributed by atoms with Crippen molar-refractivity contribution in [1.82, 2.24) is 19.5 Å². The van der Waals surface area contributed by atoms with Gasteiger partial charge in [-0.3, -0.25) is 0 Å². The number of urea groups is 1. The molecule has 1 atom stereocenters. The molecular weight excluding hydrogens is 387 g/mol. The molecule has 4 heterocycles. The van der Waals surface area contributed by atoms with E-state index in [0.29, 0.717) is 24.4 Å². The molecule has 2 amide bonds. The molecule has 2 aliphatic rings. The fourth-order valence-electron chi connectivity index (χ4n) is 4.37. The zero-order valence-corrected chi connectivity index (χ0v) is 16.6. The summed E-state index contributed by atoms with van der Waals surface area (Å²) in [6.07, 6.45) is 4.78. The minimum atomic E-state index is -0.458. The van der Waals surface area contributed by atoms with E-state index in [0.717, 1.165) is 30.8 Å². The smallest absolute Gasteiger partial charge is 0.322 e. The normalized spacial score (nSPS) is 21.8. The lowest BCUT2D eigenvalue weighted by atomic mass is 9.89. The lowest BCUT2D eigenvalue weighted by Gasteiger charge is -2.37. The van der Waals surface area contributed by atoms with Gasteiger partial charge in [0.25, 0.3) is 0 Å². The van der Waals surface area contributed by atoms with E-state index >= 15 is 0 Å². The van der Waals surface area contributed by atoms with E-state index < -0.39 is 6.10 Å². The van der Waals surface area contributed by atoms with Crippen molar-refractivity contribution in [3.8, 4) is 0 Å². The molecule has 8 nitrogen and oxygen atoms in total. The Kier molecular flexibility index (Phi) is 4.35. The summed E-state index contributed by atoms with van der Waals surface area (Å²) >= 11 is 0. The molecule has 0 radical (unpaired) electrons. The van der Waals surface area contributed by atoms with E-state index in [-0.39, 0.29) is 17.4 Å². The number of nitrogens with zero attached hydrogens (tertiary/aromatic N) is 5. The summed E-state index contributed by atoms with van der Waals surface area (Å²) in [6.45, 7) is 3.56. The average molecular weight is 410 g/mol. The highest BCUT2D eigenvalue weighted by Crippen LogP contribution is 2.41. The van der Waals surface area contributed by atoms with Crippen molar-refractivity contribution in [2.24, 2.45) is 0 Å². The van der Waals surface area contributed by atoms with Crippen molar-refractivity contribution in [2.45, 2.75) is 31.4 Å². The van der Waals surface area contributed by atoms with Crippen LogP contribution in [0.15, 0.2) is 42.7 Å². The first-order valence-electron chi connectivity index (χ1n) is 10.1. The average Bonchev–Trinajstić information content (AvgIpc) is 3.29. The Morgan fingerprint density at radius 1 is 1.33 bits per heavy atom. The van der Waals surface area contributed by atoms with Crippen LogP contribution in [0.5, 0.6) is 0 Å². The van der Waals surface area contributed by atoms with Gasteiger partial charge < -0.3 is 20.2 Å². The van der Waals surface area contributed by atoms with Crippen LogP contribution in [0.25, 0.3) is 5.65 Å². The summed E-state index contributed by atoms with van der Waals surface area (Å²) in [5.74, 6) is 0.503. The van der Waals surface area contributed by atoms with Crippen molar-refractivity contribution >= 4 is 23.2 Å². The Labute approximate surface area is 172 Å². The molecule has 30 heavy (non-hydrogen) atoms. The molecule has 0 saturated carbocycles. The number of aliphatic hydroxyl groups excluding tert-OH is 1. The van der Waals surface area contributed by atoms with Gasteiger partial charge >= 0.3 is 6.03 Å². The van der Waals surface area contributed by atoms with Gasteiger partial charge in [0.1, 0.15) is 17.3 Å². The first-order chi connectivity index (χ1) is 14.4. The van der Waals surface area contributed by atoms with E-state index in [1.165, 1.54) is 11.0 Å². The van der Waals surface area contributed by atoms with Gasteiger partial charge in [-0.1, -0.05) is 12.1 Å². The Hall–Kier alpha value is -3.20. The number of rotatable bonds is 3. The highest BCUT2D eigenvalue weighted by Gasteiger charge is 2.39. The molecule has 0 aliphatic carbocycles. The monoisotopic (exact) mass is 410 g/mol. The fourth-order valence-corrected chi connectivity index (χ4v) is 4.37. The summed E-state index contributed by atoms with van der Waals surface area (Å²) in [5.41, 5.74) is 1.59. The van der Waals surface area contributed by atoms with Gasteiger partial charge in [0, 0.05) is 12.7 Å². The molecule has 2 N–H and O–H groups in total. The van der Waals surface area contributed by atoms with Crippen molar-refractivity contribution in [2.75, 3.05) is 29.9 Å². The summed E-state index contributed by atoms with van der Waals surface area (Å²) in [4.78, 5) is 20.8. The third kappa shape index (κ3) is 3.06. The van der Waals surface area contributed by atoms with Crippen LogP contribution in [0.4, 0.5) is 20.7 Å². The largest absolute Gasteiger partial charge is 0.389 e. The maximum Gasteiger partial charge on any atom is 0.322 e. The quantitative estimate of drug-likeness (QED) is 0.693. The lowest BCUT2D eigenvalue weighted by Crippen LogP contribution is -2.54. The van der Waals surface area contributed by atoms with E-state index in [4.69, 9.17) is 4.98 Å². The predicted octanol–water partition coefficient (Wildman–Crippen LogP) is 2.59. The molecule has 2 aliphatic heterocycles. The number of carbonyl (C=O) groups is 1. The zero-order valence-electron chi connectivity index (χ0n) is 16.6. The molecule has 2 saturated heterocycles. The van der Waals surface area contributed by atoms with Gasteiger partial charge in [0.15, 0.2) is 5.65 Å². The van der Waals surface area contributed by atoms with Crippen LogP contribution in [0.1, 0.15) is 25.3 Å². The SMILES string of the molecule is C[C@]1(c2cccc(F)c2)CCCN1c1ccn2ncc(NC(=O)N3CC(O)C3)c2n1.